The normalized spacial score (nSPS) is 25.9. The first-order valence-corrected chi connectivity index (χ1v) is 14.0. The summed E-state index contributed by atoms with van der Waals surface area (Å²) in [6.45, 7) is 5.02. The Kier molecular flexibility index (Phi) is 7.60. The molecule has 4 atom stereocenters. The van der Waals surface area contributed by atoms with Crippen molar-refractivity contribution >= 4 is 16.9 Å². The number of alkyl halides is 3. The Labute approximate surface area is 231 Å². The third kappa shape index (κ3) is 5.25. The maximum absolute atomic E-state index is 13.4. The predicted octanol–water partition coefficient (Wildman–Crippen LogP) is 4.45. The summed E-state index contributed by atoms with van der Waals surface area (Å²) in [5.41, 5.74) is 3.31. The molecule has 2 saturated heterocycles. The molecule has 6 rings (SSSR count). The van der Waals surface area contributed by atoms with Crippen molar-refractivity contribution in [3.05, 3.63) is 70.9 Å². The molecule has 10 heteroatoms. The van der Waals surface area contributed by atoms with Gasteiger partial charge in [-0.25, -0.2) is 0 Å². The van der Waals surface area contributed by atoms with Crippen molar-refractivity contribution in [3.8, 4) is 0 Å². The van der Waals surface area contributed by atoms with Gasteiger partial charge in [-0.3, -0.25) is 14.6 Å². The van der Waals surface area contributed by atoms with E-state index in [1.165, 1.54) is 7.11 Å². The number of morpholine rings is 1. The van der Waals surface area contributed by atoms with Crippen LogP contribution in [0.15, 0.2) is 48.5 Å². The molecule has 1 aromatic heterocycles. The SMILES string of the molecule is COC(=O)[C@@H]1Cc2c([nH]c3ccccc23)[C@H]2C[C@H](NCCN3CCOCC3)C[C@@H](c3ccc(C(F)(F)F)cc3)N21. The first kappa shape index (κ1) is 27.3. The number of carbonyl (C=O) groups is 1. The number of hydrogen-bond donors (Lipinski definition) is 2. The minimum atomic E-state index is -4.41. The highest BCUT2D eigenvalue weighted by atomic mass is 19.4. The summed E-state index contributed by atoms with van der Waals surface area (Å²) < 4.78 is 50.8. The standard InChI is InChI=1S/C30H35F3N4O3/c1-39-29(38)27-18-23-22-4-2-3-5-24(22)35-28(23)26-17-21(34-10-11-36-12-14-40-15-13-36)16-25(37(26)27)19-6-8-20(9-7-19)30(31,32)33/h2-9,21,25-27,34-35H,10-18H2,1H3/t21-,25+,26-,27+/m1/s1. The highest BCUT2D eigenvalue weighted by Gasteiger charge is 2.48. The summed E-state index contributed by atoms with van der Waals surface area (Å²) in [7, 11) is 1.40. The average Bonchev–Trinajstić information content (AvgIpc) is 3.35. The zero-order valence-corrected chi connectivity index (χ0v) is 22.5. The molecule has 3 aromatic rings. The van der Waals surface area contributed by atoms with Crippen LogP contribution in [0.5, 0.6) is 0 Å². The van der Waals surface area contributed by atoms with Crippen molar-refractivity contribution in [2.24, 2.45) is 0 Å². The molecule has 0 unspecified atom stereocenters. The van der Waals surface area contributed by atoms with E-state index in [1.54, 1.807) is 12.1 Å². The van der Waals surface area contributed by atoms with Gasteiger partial charge >= 0.3 is 12.1 Å². The van der Waals surface area contributed by atoms with Gasteiger partial charge in [-0.05, 0) is 42.2 Å². The van der Waals surface area contributed by atoms with Gasteiger partial charge in [0.15, 0.2) is 0 Å². The van der Waals surface area contributed by atoms with Crippen molar-refractivity contribution in [1.82, 2.24) is 20.1 Å². The summed E-state index contributed by atoms with van der Waals surface area (Å²) >= 11 is 0. The van der Waals surface area contributed by atoms with E-state index in [1.807, 2.05) is 18.2 Å². The number of nitrogens with one attached hydrogen (secondary N) is 2. The van der Waals surface area contributed by atoms with E-state index in [0.717, 1.165) is 85.7 Å². The molecule has 2 N–H and O–H groups in total. The lowest BCUT2D eigenvalue weighted by Crippen LogP contribution is -2.56. The molecular formula is C30H35F3N4O3. The van der Waals surface area contributed by atoms with Gasteiger partial charge in [0, 0.05) is 61.3 Å². The quantitative estimate of drug-likeness (QED) is 0.438. The number of piperidine rings is 1. The number of hydrogen-bond acceptors (Lipinski definition) is 6. The third-order valence-electron chi connectivity index (χ3n) is 8.73. The van der Waals surface area contributed by atoms with Crippen LogP contribution in [-0.4, -0.2) is 79.3 Å². The molecule has 7 nitrogen and oxygen atoms in total. The van der Waals surface area contributed by atoms with Crippen molar-refractivity contribution < 1.29 is 27.4 Å². The molecule has 2 aromatic carbocycles. The number of H-pyrrole nitrogens is 1. The summed E-state index contributed by atoms with van der Waals surface area (Å²) in [4.78, 5) is 21.4. The van der Waals surface area contributed by atoms with Gasteiger partial charge in [0.1, 0.15) is 6.04 Å². The van der Waals surface area contributed by atoms with Gasteiger partial charge in [-0.1, -0.05) is 30.3 Å². The number of fused-ring (bicyclic) bond motifs is 5. The highest BCUT2D eigenvalue weighted by molar-refractivity contribution is 5.87. The molecule has 0 radical (unpaired) electrons. The van der Waals surface area contributed by atoms with Crippen molar-refractivity contribution in [3.63, 3.8) is 0 Å². The van der Waals surface area contributed by atoms with Gasteiger partial charge < -0.3 is 19.8 Å². The number of methoxy groups -OCH3 is 1. The molecular weight excluding hydrogens is 521 g/mol. The van der Waals surface area contributed by atoms with Gasteiger partial charge in [-0.15, -0.1) is 0 Å². The van der Waals surface area contributed by atoms with Crippen molar-refractivity contribution in [1.29, 1.82) is 0 Å². The van der Waals surface area contributed by atoms with E-state index in [4.69, 9.17) is 9.47 Å². The summed E-state index contributed by atoms with van der Waals surface area (Å²) in [5.74, 6) is -0.323. The number of halogens is 3. The van der Waals surface area contributed by atoms with E-state index in [-0.39, 0.29) is 24.1 Å². The van der Waals surface area contributed by atoms with E-state index in [0.29, 0.717) is 12.8 Å². The largest absolute Gasteiger partial charge is 0.468 e. The molecule has 3 aliphatic heterocycles. The highest BCUT2D eigenvalue weighted by Crippen LogP contribution is 2.49. The fourth-order valence-corrected chi connectivity index (χ4v) is 6.78. The van der Waals surface area contributed by atoms with E-state index < -0.39 is 17.8 Å². The number of esters is 1. The molecule has 3 aliphatic rings. The Hall–Kier alpha value is -2.92. The van der Waals surface area contributed by atoms with Crippen LogP contribution in [0.1, 0.15) is 47.3 Å². The fourth-order valence-electron chi connectivity index (χ4n) is 6.78. The Balaban J connectivity index is 1.35. The monoisotopic (exact) mass is 556 g/mol. The number of aromatic nitrogens is 1. The lowest BCUT2D eigenvalue weighted by atomic mass is 9.79. The summed E-state index contributed by atoms with van der Waals surface area (Å²) in [5, 5.41) is 4.84. The topological polar surface area (TPSA) is 69.8 Å². The van der Waals surface area contributed by atoms with E-state index >= 15 is 0 Å². The molecule has 0 bridgehead atoms. The fraction of sp³-hybridized carbons (Fsp3) is 0.500. The van der Waals surface area contributed by atoms with Crippen LogP contribution >= 0.6 is 0 Å². The molecule has 4 heterocycles. The Bertz CT molecular complexity index is 1340. The smallest absolute Gasteiger partial charge is 0.416 e. The summed E-state index contributed by atoms with van der Waals surface area (Å²) in [6.07, 6.45) is -2.48. The number of carbonyl (C=O) groups excluding carboxylic acids is 1. The molecule has 0 saturated carbocycles. The number of nitrogens with zero attached hydrogens (tertiary/aromatic N) is 2. The van der Waals surface area contributed by atoms with Crippen LogP contribution in [0.25, 0.3) is 10.9 Å². The molecule has 0 aliphatic carbocycles. The van der Waals surface area contributed by atoms with E-state index in [9.17, 15) is 18.0 Å². The molecule has 0 amide bonds. The molecule has 0 spiro atoms. The number of aromatic amines is 1. The number of rotatable bonds is 6. The lowest BCUT2D eigenvalue weighted by Gasteiger charge is -2.51. The van der Waals surface area contributed by atoms with Crippen molar-refractivity contribution in [2.45, 2.75) is 49.6 Å². The van der Waals surface area contributed by atoms with Crippen LogP contribution in [0, 0.1) is 0 Å². The number of para-hydroxylation sites is 1. The Morgan fingerprint density at radius 3 is 2.52 bits per heavy atom. The Morgan fingerprint density at radius 1 is 1.07 bits per heavy atom. The van der Waals surface area contributed by atoms with E-state index in [2.05, 4.69) is 26.2 Å². The second kappa shape index (κ2) is 11.2. The van der Waals surface area contributed by atoms with Crippen LogP contribution in [0.4, 0.5) is 13.2 Å². The average molecular weight is 557 g/mol. The van der Waals surface area contributed by atoms with Crippen molar-refractivity contribution in [2.75, 3.05) is 46.5 Å². The lowest BCUT2D eigenvalue weighted by molar-refractivity contribution is -0.152. The minimum Gasteiger partial charge on any atom is -0.468 e. The third-order valence-corrected chi connectivity index (χ3v) is 8.73. The van der Waals surface area contributed by atoms with Gasteiger partial charge in [0.2, 0.25) is 0 Å². The van der Waals surface area contributed by atoms with Gasteiger partial charge in [-0.2, -0.15) is 13.2 Å². The van der Waals surface area contributed by atoms with Crippen LogP contribution in [0.2, 0.25) is 0 Å². The maximum Gasteiger partial charge on any atom is 0.416 e. The van der Waals surface area contributed by atoms with Gasteiger partial charge in [0.25, 0.3) is 0 Å². The van der Waals surface area contributed by atoms with Crippen LogP contribution in [-0.2, 0) is 26.9 Å². The molecule has 214 valence electrons. The molecule has 2 fully saturated rings. The minimum absolute atomic E-state index is 0.116. The molecule has 40 heavy (non-hydrogen) atoms. The second-order valence-electron chi connectivity index (χ2n) is 11.0. The second-order valence-corrected chi connectivity index (χ2v) is 11.0. The maximum atomic E-state index is 13.4. The zero-order valence-electron chi connectivity index (χ0n) is 22.5. The van der Waals surface area contributed by atoms with Crippen LogP contribution in [0.3, 0.4) is 0 Å². The number of ether oxygens (including phenoxy) is 2. The Morgan fingerprint density at radius 2 is 1.80 bits per heavy atom. The predicted molar refractivity (Wildman–Crippen MR) is 145 cm³/mol. The zero-order chi connectivity index (χ0) is 27.9. The van der Waals surface area contributed by atoms with Crippen LogP contribution < -0.4 is 5.32 Å². The summed E-state index contributed by atoms with van der Waals surface area (Å²) in [6, 6.07) is 12.7. The number of benzene rings is 2. The van der Waals surface area contributed by atoms with Gasteiger partial charge in [0.05, 0.1) is 31.9 Å². The first-order valence-electron chi connectivity index (χ1n) is 14.0. The first-order chi connectivity index (χ1) is 19.3.